The number of hydrogen-bond donors (Lipinski definition) is 1. The zero-order chi connectivity index (χ0) is 20.8. The Morgan fingerprint density at radius 3 is 2.38 bits per heavy atom. The SMILES string of the molecule is CCOc1ccc(Cc2nnc(SCc3ccc([N+](=O)[O-])cc3)n(N)c2=O)cc1. The summed E-state index contributed by atoms with van der Waals surface area (Å²) in [7, 11) is 0. The topological polar surface area (TPSA) is 126 Å². The van der Waals surface area contributed by atoms with E-state index in [4.69, 9.17) is 10.6 Å². The van der Waals surface area contributed by atoms with E-state index < -0.39 is 10.5 Å². The highest BCUT2D eigenvalue weighted by atomic mass is 32.2. The molecule has 29 heavy (non-hydrogen) atoms. The number of hydrogen-bond acceptors (Lipinski definition) is 8. The largest absolute Gasteiger partial charge is 0.494 e. The van der Waals surface area contributed by atoms with Crippen LogP contribution in [0.25, 0.3) is 0 Å². The van der Waals surface area contributed by atoms with E-state index in [0.717, 1.165) is 21.6 Å². The molecule has 1 heterocycles. The summed E-state index contributed by atoms with van der Waals surface area (Å²) in [6.45, 7) is 2.50. The van der Waals surface area contributed by atoms with Gasteiger partial charge in [-0.05, 0) is 30.2 Å². The van der Waals surface area contributed by atoms with E-state index in [1.54, 1.807) is 12.1 Å². The molecule has 0 amide bonds. The van der Waals surface area contributed by atoms with E-state index in [1.807, 2.05) is 31.2 Å². The first-order chi connectivity index (χ1) is 14.0. The molecule has 2 aromatic carbocycles. The Hall–Kier alpha value is -3.40. The van der Waals surface area contributed by atoms with Gasteiger partial charge in [-0.2, -0.15) is 4.68 Å². The van der Waals surface area contributed by atoms with E-state index in [2.05, 4.69) is 10.2 Å². The lowest BCUT2D eigenvalue weighted by molar-refractivity contribution is -0.384. The second-order valence-electron chi connectivity index (χ2n) is 6.07. The molecular formula is C19H19N5O4S. The first-order valence-electron chi connectivity index (χ1n) is 8.79. The summed E-state index contributed by atoms with van der Waals surface area (Å²) >= 11 is 1.23. The molecule has 150 valence electrons. The zero-order valence-electron chi connectivity index (χ0n) is 15.6. The molecule has 3 aromatic rings. The Bertz CT molecular complexity index is 1050. The van der Waals surface area contributed by atoms with E-state index >= 15 is 0 Å². The average molecular weight is 413 g/mol. The summed E-state index contributed by atoms with van der Waals surface area (Å²) in [5.41, 5.74) is 1.59. The number of benzene rings is 2. The van der Waals surface area contributed by atoms with Crippen LogP contribution in [-0.2, 0) is 12.2 Å². The third-order valence-electron chi connectivity index (χ3n) is 4.05. The van der Waals surface area contributed by atoms with Gasteiger partial charge in [-0.15, -0.1) is 10.2 Å². The normalized spacial score (nSPS) is 10.7. The Morgan fingerprint density at radius 1 is 1.10 bits per heavy atom. The van der Waals surface area contributed by atoms with Crippen LogP contribution in [0.4, 0.5) is 5.69 Å². The molecule has 0 bridgehead atoms. The Kier molecular flexibility index (Phi) is 6.45. The minimum absolute atomic E-state index is 0.0212. The number of ether oxygens (including phenoxy) is 1. The van der Waals surface area contributed by atoms with Crippen LogP contribution in [-0.4, -0.2) is 26.4 Å². The van der Waals surface area contributed by atoms with Crippen LogP contribution in [0.5, 0.6) is 5.75 Å². The van der Waals surface area contributed by atoms with Gasteiger partial charge in [0.2, 0.25) is 5.16 Å². The molecule has 0 aliphatic rings. The number of aromatic nitrogens is 3. The van der Waals surface area contributed by atoms with Crippen molar-refractivity contribution in [3.8, 4) is 5.75 Å². The average Bonchev–Trinajstić information content (AvgIpc) is 2.73. The second-order valence-corrected chi connectivity index (χ2v) is 7.01. The molecule has 0 fully saturated rings. The van der Waals surface area contributed by atoms with Gasteiger partial charge in [-0.1, -0.05) is 36.0 Å². The van der Waals surface area contributed by atoms with Gasteiger partial charge >= 0.3 is 0 Å². The molecule has 2 N–H and O–H groups in total. The summed E-state index contributed by atoms with van der Waals surface area (Å²) in [5, 5.41) is 19.1. The highest BCUT2D eigenvalue weighted by molar-refractivity contribution is 7.98. The first-order valence-corrected chi connectivity index (χ1v) is 9.78. The zero-order valence-corrected chi connectivity index (χ0v) is 16.5. The molecule has 0 aliphatic heterocycles. The molecule has 0 saturated carbocycles. The molecule has 0 spiro atoms. The van der Waals surface area contributed by atoms with Crippen LogP contribution < -0.4 is 16.1 Å². The summed E-state index contributed by atoms with van der Waals surface area (Å²) in [6, 6.07) is 13.6. The summed E-state index contributed by atoms with van der Waals surface area (Å²) in [5.74, 6) is 7.11. The van der Waals surface area contributed by atoms with Crippen molar-refractivity contribution < 1.29 is 9.66 Å². The molecule has 0 saturated heterocycles. The molecule has 3 rings (SSSR count). The van der Waals surface area contributed by atoms with Crippen molar-refractivity contribution in [2.75, 3.05) is 12.4 Å². The number of nitrogens with zero attached hydrogens (tertiary/aromatic N) is 4. The maximum Gasteiger partial charge on any atom is 0.294 e. The highest BCUT2D eigenvalue weighted by Gasteiger charge is 2.12. The van der Waals surface area contributed by atoms with E-state index in [9.17, 15) is 14.9 Å². The third-order valence-corrected chi connectivity index (χ3v) is 5.06. The van der Waals surface area contributed by atoms with Crippen molar-refractivity contribution in [1.29, 1.82) is 0 Å². The lowest BCUT2D eigenvalue weighted by atomic mass is 10.1. The van der Waals surface area contributed by atoms with Crippen LogP contribution in [0.15, 0.2) is 58.5 Å². The Labute approximate surface area is 170 Å². The van der Waals surface area contributed by atoms with Crippen molar-refractivity contribution in [3.05, 3.63) is 85.8 Å². The lowest BCUT2D eigenvalue weighted by Crippen LogP contribution is -2.33. The van der Waals surface area contributed by atoms with Crippen LogP contribution >= 0.6 is 11.8 Å². The fourth-order valence-corrected chi connectivity index (χ4v) is 3.36. The van der Waals surface area contributed by atoms with Crippen molar-refractivity contribution >= 4 is 17.4 Å². The van der Waals surface area contributed by atoms with E-state index in [0.29, 0.717) is 18.8 Å². The molecule has 9 nitrogen and oxygen atoms in total. The van der Waals surface area contributed by atoms with Gasteiger partial charge < -0.3 is 10.6 Å². The van der Waals surface area contributed by atoms with Crippen molar-refractivity contribution in [3.63, 3.8) is 0 Å². The monoisotopic (exact) mass is 413 g/mol. The highest BCUT2D eigenvalue weighted by Crippen LogP contribution is 2.21. The van der Waals surface area contributed by atoms with Gasteiger partial charge in [-0.25, -0.2) is 0 Å². The van der Waals surface area contributed by atoms with E-state index in [1.165, 1.54) is 23.9 Å². The van der Waals surface area contributed by atoms with Gasteiger partial charge in [0.25, 0.3) is 11.2 Å². The maximum absolute atomic E-state index is 12.5. The predicted molar refractivity (Wildman–Crippen MR) is 110 cm³/mol. The number of nitrogens with two attached hydrogens (primary N) is 1. The van der Waals surface area contributed by atoms with Gasteiger partial charge in [0, 0.05) is 24.3 Å². The summed E-state index contributed by atoms with van der Waals surface area (Å²) < 4.78 is 6.38. The first kappa shape index (κ1) is 20.3. The molecular weight excluding hydrogens is 394 g/mol. The third kappa shape index (κ3) is 5.11. The van der Waals surface area contributed by atoms with Crippen LogP contribution in [0.1, 0.15) is 23.7 Å². The van der Waals surface area contributed by atoms with Gasteiger partial charge in [0.1, 0.15) is 11.4 Å². The number of nitro benzene ring substituents is 1. The van der Waals surface area contributed by atoms with Gasteiger partial charge in [0.05, 0.1) is 11.5 Å². The standard InChI is InChI=1S/C19H19N5O4S/c1-2-28-16-9-5-13(6-10-16)11-17-18(25)23(20)19(22-21-17)29-12-14-3-7-15(8-4-14)24(26)27/h3-10H,2,11-12,20H2,1H3. The number of thioether (sulfide) groups is 1. The molecule has 1 aromatic heterocycles. The number of rotatable bonds is 8. The summed E-state index contributed by atoms with van der Waals surface area (Å²) in [4.78, 5) is 22.8. The number of nitrogen functional groups attached to an aromatic ring is 1. The van der Waals surface area contributed by atoms with Gasteiger partial charge in [0.15, 0.2) is 0 Å². The van der Waals surface area contributed by atoms with Crippen LogP contribution in [0, 0.1) is 10.1 Å². The van der Waals surface area contributed by atoms with Crippen LogP contribution in [0.2, 0.25) is 0 Å². The van der Waals surface area contributed by atoms with Crippen molar-refractivity contribution in [2.24, 2.45) is 0 Å². The van der Waals surface area contributed by atoms with Gasteiger partial charge in [-0.3, -0.25) is 14.9 Å². The predicted octanol–water partition coefficient (Wildman–Crippen LogP) is 2.54. The maximum atomic E-state index is 12.5. The molecule has 0 radical (unpaired) electrons. The summed E-state index contributed by atoms with van der Waals surface area (Å²) in [6.07, 6.45) is 0.308. The molecule has 10 heteroatoms. The van der Waals surface area contributed by atoms with Crippen molar-refractivity contribution in [2.45, 2.75) is 24.3 Å². The Balaban J connectivity index is 1.68. The molecule has 0 aliphatic carbocycles. The lowest BCUT2D eigenvalue weighted by Gasteiger charge is -2.08. The smallest absolute Gasteiger partial charge is 0.294 e. The Morgan fingerprint density at radius 2 is 1.76 bits per heavy atom. The fourth-order valence-electron chi connectivity index (χ4n) is 2.55. The second kappa shape index (κ2) is 9.20. The fraction of sp³-hybridized carbons (Fsp3) is 0.211. The minimum Gasteiger partial charge on any atom is -0.494 e. The number of nitro groups is 1. The molecule has 0 atom stereocenters. The van der Waals surface area contributed by atoms with Crippen LogP contribution in [0.3, 0.4) is 0 Å². The minimum atomic E-state index is -0.455. The van der Waals surface area contributed by atoms with E-state index in [-0.39, 0.29) is 16.5 Å². The molecule has 0 unspecified atom stereocenters. The van der Waals surface area contributed by atoms with Crippen molar-refractivity contribution in [1.82, 2.24) is 14.9 Å². The number of non-ortho nitro benzene ring substituents is 1. The quantitative estimate of drug-likeness (QED) is 0.258.